The first-order valence-electron chi connectivity index (χ1n) is 5.35. The Morgan fingerprint density at radius 3 is 2.94 bits per heavy atom. The van der Waals surface area contributed by atoms with E-state index in [0.29, 0.717) is 6.42 Å². The Bertz CT molecular complexity index is 355. The second-order valence-corrected chi connectivity index (χ2v) is 3.88. The summed E-state index contributed by atoms with van der Waals surface area (Å²) in [5.41, 5.74) is 0.912. The highest BCUT2D eigenvalue weighted by atomic mass is 16.4. The molecule has 0 bridgehead atoms. The fraction of sp³-hybridized carbons (Fsp3) is 0.545. The standard InChI is InChI=1S/C11H17N3O2/c1-8(4-3-5-11(15)16)14-10-6-9(2)12-7-13-10/h6-8H,3-5H2,1-2H3,(H,15,16)(H,12,13,14). The van der Waals surface area contributed by atoms with Gasteiger partial charge in [-0.3, -0.25) is 4.79 Å². The molecule has 1 unspecified atom stereocenters. The lowest BCUT2D eigenvalue weighted by molar-refractivity contribution is -0.137. The Morgan fingerprint density at radius 1 is 1.56 bits per heavy atom. The maximum Gasteiger partial charge on any atom is 0.303 e. The lowest BCUT2D eigenvalue weighted by Crippen LogP contribution is -2.16. The minimum Gasteiger partial charge on any atom is -0.481 e. The van der Waals surface area contributed by atoms with Crippen LogP contribution >= 0.6 is 0 Å². The van der Waals surface area contributed by atoms with Crippen molar-refractivity contribution in [1.82, 2.24) is 9.97 Å². The number of aryl methyl sites for hydroxylation is 1. The van der Waals surface area contributed by atoms with E-state index in [4.69, 9.17) is 5.11 Å². The third-order valence-corrected chi connectivity index (χ3v) is 2.23. The number of carbonyl (C=O) groups is 1. The summed E-state index contributed by atoms with van der Waals surface area (Å²) in [4.78, 5) is 18.4. The molecule has 0 aliphatic rings. The van der Waals surface area contributed by atoms with Gasteiger partial charge in [-0.05, 0) is 26.7 Å². The first-order chi connectivity index (χ1) is 7.58. The van der Waals surface area contributed by atoms with Crippen LogP contribution in [0.1, 0.15) is 31.9 Å². The van der Waals surface area contributed by atoms with Gasteiger partial charge in [-0.25, -0.2) is 9.97 Å². The number of carboxylic acids is 1. The highest BCUT2D eigenvalue weighted by Crippen LogP contribution is 2.08. The molecule has 1 aromatic heterocycles. The number of rotatable bonds is 6. The maximum absolute atomic E-state index is 10.3. The lowest BCUT2D eigenvalue weighted by Gasteiger charge is -2.13. The minimum atomic E-state index is -0.745. The van der Waals surface area contributed by atoms with Crippen LogP contribution in [0, 0.1) is 6.92 Å². The van der Waals surface area contributed by atoms with Crippen LogP contribution in [0.3, 0.4) is 0 Å². The van der Waals surface area contributed by atoms with Crippen molar-refractivity contribution in [3.63, 3.8) is 0 Å². The van der Waals surface area contributed by atoms with E-state index in [1.165, 1.54) is 6.33 Å². The summed E-state index contributed by atoms with van der Waals surface area (Å²) >= 11 is 0. The summed E-state index contributed by atoms with van der Waals surface area (Å²) in [5, 5.41) is 11.7. The monoisotopic (exact) mass is 223 g/mol. The summed E-state index contributed by atoms with van der Waals surface area (Å²) in [5.74, 6) is 0.0420. The molecule has 1 rings (SSSR count). The lowest BCUT2D eigenvalue weighted by atomic mass is 10.1. The molecule has 0 radical (unpaired) electrons. The van der Waals surface area contributed by atoms with Gasteiger partial charge < -0.3 is 10.4 Å². The van der Waals surface area contributed by atoms with Gasteiger partial charge in [-0.1, -0.05) is 0 Å². The fourth-order valence-electron chi connectivity index (χ4n) is 1.42. The van der Waals surface area contributed by atoms with E-state index < -0.39 is 5.97 Å². The maximum atomic E-state index is 10.3. The summed E-state index contributed by atoms with van der Waals surface area (Å²) in [7, 11) is 0. The van der Waals surface area contributed by atoms with E-state index in [1.807, 2.05) is 19.9 Å². The zero-order valence-electron chi connectivity index (χ0n) is 9.60. The first kappa shape index (κ1) is 12.4. The van der Waals surface area contributed by atoms with Crippen molar-refractivity contribution in [2.75, 3.05) is 5.32 Å². The number of aliphatic carboxylic acids is 1. The average Bonchev–Trinajstić information content (AvgIpc) is 2.16. The molecule has 0 saturated carbocycles. The molecule has 0 fully saturated rings. The Labute approximate surface area is 94.9 Å². The zero-order chi connectivity index (χ0) is 12.0. The molecular formula is C11H17N3O2. The number of anilines is 1. The van der Waals surface area contributed by atoms with Gasteiger partial charge in [0, 0.05) is 24.2 Å². The van der Waals surface area contributed by atoms with Crippen LogP contribution in [0.4, 0.5) is 5.82 Å². The van der Waals surface area contributed by atoms with Crippen molar-refractivity contribution in [2.45, 2.75) is 39.2 Å². The van der Waals surface area contributed by atoms with Crippen LogP contribution in [-0.4, -0.2) is 27.1 Å². The number of nitrogens with one attached hydrogen (secondary N) is 1. The van der Waals surface area contributed by atoms with Crippen molar-refractivity contribution in [3.05, 3.63) is 18.1 Å². The second kappa shape index (κ2) is 6.05. The minimum absolute atomic E-state index is 0.216. The molecular weight excluding hydrogens is 206 g/mol. The van der Waals surface area contributed by atoms with Gasteiger partial charge in [0.05, 0.1) is 0 Å². The zero-order valence-corrected chi connectivity index (χ0v) is 9.60. The van der Waals surface area contributed by atoms with E-state index >= 15 is 0 Å². The first-order valence-corrected chi connectivity index (χ1v) is 5.35. The van der Waals surface area contributed by atoms with Crippen LogP contribution in [0.25, 0.3) is 0 Å². The smallest absolute Gasteiger partial charge is 0.303 e. The number of hydrogen-bond acceptors (Lipinski definition) is 4. The van der Waals surface area contributed by atoms with E-state index in [2.05, 4.69) is 15.3 Å². The third kappa shape index (κ3) is 4.72. The molecule has 0 aliphatic heterocycles. The number of hydrogen-bond donors (Lipinski definition) is 2. The third-order valence-electron chi connectivity index (χ3n) is 2.23. The highest BCUT2D eigenvalue weighted by Gasteiger charge is 2.04. The topological polar surface area (TPSA) is 75.1 Å². The quantitative estimate of drug-likeness (QED) is 0.769. The van der Waals surface area contributed by atoms with Gasteiger partial charge in [0.1, 0.15) is 12.1 Å². The molecule has 0 saturated heterocycles. The predicted molar refractivity (Wildman–Crippen MR) is 61.3 cm³/mol. The van der Waals surface area contributed by atoms with Crippen LogP contribution in [0.2, 0.25) is 0 Å². The second-order valence-electron chi connectivity index (χ2n) is 3.88. The van der Waals surface area contributed by atoms with Gasteiger partial charge in [0.2, 0.25) is 0 Å². The van der Waals surface area contributed by atoms with E-state index in [1.54, 1.807) is 0 Å². The van der Waals surface area contributed by atoms with Crippen LogP contribution < -0.4 is 5.32 Å². The summed E-state index contributed by atoms with van der Waals surface area (Å²) < 4.78 is 0. The molecule has 1 aromatic rings. The van der Waals surface area contributed by atoms with Gasteiger partial charge in [0.25, 0.3) is 0 Å². The van der Waals surface area contributed by atoms with Crippen LogP contribution in [0.5, 0.6) is 0 Å². The van der Waals surface area contributed by atoms with Crippen molar-refractivity contribution in [2.24, 2.45) is 0 Å². The Morgan fingerprint density at radius 2 is 2.31 bits per heavy atom. The van der Waals surface area contributed by atoms with Gasteiger partial charge in [0.15, 0.2) is 0 Å². The van der Waals surface area contributed by atoms with Crippen molar-refractivity contribution in [1.29, 1.82) is 0 Å². The number of aromatic nitrogens is 2. The van der Waals surface area contributed by atoms with E-state index in [9.17, 15) is 4.79 Å². The molecule has 5 heteroatoms. The molecule has 0 aliphatic carbocycles. The fourth-order valence-corrected chi connectivity index (χ4v) is 1.42. The van der Waals surface area contributed by atoms with Crippen molar-refractivity contribution < 1.29 is 9.90 Å². The Hall–Kier alpha value is -1.65. The Balaban J connectivity index is 2.33. The number of carboxylic acid groups (broad SMARTS) is 1. The van der Waals surface area contributed by atoms with E-state index in [-0.39, 0.29) is 12.5 Å². The van der Waals surface area contributed by atoms with Gasteiger partial charge in [-0.15, -0.1) is 0 Å². The van der Waals surface area contributed by atoms with Crippen LogP contribution in [0.15, 0.2) is 12.4 Å². The molecule has 2 N–H and O–H groups in total. The molecule has 0 aromatic carbocycles. The van der Waals surface area contributed by atoms with Crippen molar-refractivity contribution >= 4 is 11.8 Å². The molecule has 16 heavy (non-hydrogen) atoms. The summed E-state index contributed by atoms with van der Waals surface area (Å²) in [6, 6.07) is 2.09. The molecule has 0 spiro atoms. The van der Waals surface area contributed by atoms with E-state index in [0.717, 1.165) is 17.9 Å². The molecule has 1 atom stereocenters. The van der Waals surface area contributed by atoms with Crippen LogP contribution in [-0.2, 0) is 4.79 Å². The summed E-state index contributed by atoms with van der Waals surface area (Å²) in [6.07, 6.45) is 3.22. The molecule has 88 valence electrons. The molecule has 5 nitrogen and oxygen atoms in total. The molecule has 0 amide bonds. The number of nitrogens with zero attached hydrogens (tertiary/aromatic N) is 2. The predicted octanol–water partition coefficient (Wildman–Crippen LogP) is 1.84. The Kier molecular flexibility index (Phi) is 4.69. The van der Waals surface area contributed by atoms with Crippen molar-refractivity contribution in [3.8, 4) is 0 Å². The molecule has 1 heterocycles. The summed E-state index contributed by atoms with van der Waals surface area (Å²) in [6.45, 7) is 3.92. The SMILES string of the molecule is Cc1cc(NC(C)CCCC(=O)O)ncn1. The highest BCUT2D eigenvalue weighted by molar-refractivity contribution is 5.66. The normalized spacial score (nSPS) is 12.1. The average molecular weight is 223 g/mol. The van der Waals surface area contributed by atoms with Gasteiger partial charge >= 0.3 is 5.97 Å². The largest absolute Gasteiger partial charge is 0.481 e. The van der Waals surface area contributed by atoms with Gasteiger partial charge in [-0.2, -0.15) is 0 Å².